The van der Waals surface area contributed by atoms with Gasteiger partial charge in [0.05, 0.1) is 0 Å². The molecule has 0 heterocycles. The smallest absolute Gasteiger partial charge is 1.00 e. The molecule has 0 aliphatic carbocycles. The van der Waals surface area contributed by atoms with E-state index in [1.165, 1.54) is 25.7 Å². The van der Waals surface area contributed by atoms with Gasteiger partial charge in [0.2, 0.25) is 0 Å². The van der Waals surface area contributed by atoms with E-state index in [1.54, 1.807) is 0 Å². The Morgan fingerprint density at radius 1 is 1.07 bits per heavy atom. The van der Waals surface area contributed by atoms with Gasteiger partial charge in [-0.05, 0) is 23.8 Å². The van der Waals surface area contributed by atoms with Crippen LogP contribution in [-0.4, -0.2) is 12.8 Å². The first-order valence-corrected chi connectivity index (χ1v) is 6.75. The molecular formula is C10H23NaO2P+. The molecule has 0 spiro atoms. The minimum Gasteiger partial charge on any atom is -1.00 e. The van der Waals surface area contributed by atoms with Crippen LogP contribution in [0.5, 0.6) is 0 Å². The second kappa shape index (κ2) is 14.1. The van der Waals surface area contributed by atoms with Gasteiger partial charge in [-0.1, -0.05) is 33.1 Å². The summed E-state index contributed by atoms with van der Waals surface area (Å²) in [6.45, 7) is 4.98. The predicted octanol–water partition coefficient (Wildman–Crippen LogP) is 1.24. The van der Waals surface area contributed by atoms with Crippen molar-refractivity contribution in [3.05, 3.63) is 0 Å². The molecule has 0 aromatic carbocycles. The van der Waals surface area contributed by atoms with Crippen molar-refractivity contribution in [2.45, 2.75) is 52.4 Å². The van der Waals surface area contributed by atoms with Crippen molar-refractivity contribution < 1.29 is 40.1 Å². The molecule has 0 radical (unpaired) electrons. The van der Waals surface area contributed by atoms with Crippen LogP contribution in [0.1, 0.15) is 53.8 Å². The fourth-order valence-electron chi connectivity index (χ4n) is 1.07. The summed E-state index contributed by atoms with van der Waals surface area (Å²) in [6.07, 6.45) is 7.55. The molecule has 14 heavy (non-hydrogen) atoms. The quantitative estimate of drug-likeness (QED) is 0.338. The maximum absolute atomic E-state index is 11.2. The van der Waals surface area contributed by atoms with Gasteiger partial charge >= 0.3 is 37.6 Å². The molecule has 0 fully saturated rings. The van der Waals surface area contributed by atoms with Gasteiger partial charge in [0.1, 0.15) is 6.61 Å². The third-order valence-electron chi connectivity index (χ3n) is 1.93. The van der Waals surface area contributed by atoms with Crippen molar-refractivity contribution in [2.24, 2.45) is 0 Å². The van der Waals surface area contributed by atoms with Gasteiger partial charge in [-0.2, -0.15) is 0 Å². The summed E-state index contributed by atoms with van der Waals surface area (Å²) in [7, 11) is -1.36. The first kappa shape index (κ1) is 17.5. The Labute approximate surface area is 113 Å². The molecule has 1 unspecified atom stereocenters. The maximum Gasteiger partial charge on any atom is 1.00 e. The Balaban J connectivity index is -0.000000720. The second-order valence-corrected chi connectivity index (χ2v) is 4.67. The van der Waals surface area contributed by atoms with E-state index in [0.29, 0.717) is 6.61 Å². The van der Waals surface area contributed by atoms with E-state index in [4.69, 9.17) is 4.52 Å². The molecule has 2 nitrogen and oxygen atoms in total. The van der Waals surface area contributed by atoms with E-state index in [-0.39, 0.29) is 31.0 Å². The molecule has 0 saturated heterocycles. The van der Waals surface area contributed by atoms with E-state index in [2.05, 4.69) is 13.8 Å². The first-order valence-electron chi connectivity index (χ1n) is 5.38. The van der Waals surface area contributed by atoms with Crippen molar-refractivity contribution in [2.75, 3.05) is 12.8 Å². The van der Waals surface area contributed by atoms with E-state index in [1.807, 2.05) is 0 Å². The number of hydrogen-bond donors (Lipinski definition) is 0. The van der Waals surface area contributed by atoms with E-state index >= 15 is 0 Å². The molecule has 0 saturated carbocycles. The topological polar surface area (TPSA) is 26.3 Å². The van der Waals surface area contributed by atoms with E-state index < -0.39 is 8.03 Å². The van der Waals surface area contributed by atoms with Crippen molar-refractivity contribution in [3.8, 4) is 0 Å². The molecular weight excluding hydrogens is 206 g/mol. The zero-order chi connectivity index (χ0) is 9.94. The van der Waals surface area contributed by atoms with Crippen LogP contribution in [0.25, 0.3) is 0 Å². The van der Waals surface area contributed by atoms with Gasteiger partial charge in [-0.15, -0.1) is 4.52 Å². The monoisotopic (exact) mass is 229 g/mol. The zero-order valence-corrected chi connectivity index (χ0v) is 12.8. The molecule has 0 amide bonds. The minimum absolute atomic E-state index is 0. The van der Waals surface area contributed by atoms with Crippen LogP contribution in [0.15, 0.2) is 0 Å². The standard InChI is InChI=1S/C10H22O2P.Na.H/c1-3-5-7-9-12-13(11)10-8-6-4-2;;/h3-10H2,1-2H3;;/q2*+1;-1. The van der Waals surface area contributed by atoms with Gasteiger partial charge in [-0.25, -0.2) is 0 Å². The maximum atomic E-state index is 11.2. The van der Waals surface area contributed by atoms with Crippen LogP contribution in [0.4, 0.5) is 0 Å². The Hall–Kier alpha value is 1.06. The average Bonchev–Trinajstić information content (AvgIpc) is 2.13. The summed E-state index contributed by atoms with van der Waals surface area (Å²) in [5, 5.41) is 0. The third-order valence-corrected chi connectivity index (χ3v) is 3.08. The molecule has 80 valence electrons. The molecule has 0 aromatic heterocycles. The fourth-order valence-corrected chi connectivity index (χ4v) is 2.02. The van der Waals surface area contributed by atoms with Crippen LogP contribution in [0.3, 0.4) is 0 Å². The average molecular weight is 229 g/mol. The Bertz CT molecular complexity index is 137. The van der Waals surface area contributed by atoms with Crippen LogP contribution >= 0.6 is 8.03 Å². The van der Waals surface area contributed by atoms with Crippen molar-refractivity contribution in [3.63, 3.8) is 0 Å². The van der Waals surface area contributed by atoms with Gasteiger partial charge in [0, 0.05) is 0 Å². The van der Waals surface area contributed by atoms with Crippen molar-refractivity contribution in [1.82, 2.24) is 0 Å². The van der Waals surface area contributed by atoms with Crippen LogP contribution in [-0.2, 0) is 9.09 Å². The van der Waals surface area contributed by atoms with Gasteiger partial charge < -0.3 is 1.43 Å². The zero-order valence-electron chi connectivity index (χ0n) is 10.9. The molecule has 1 atom stereocenters. The van der Waals surface area contributed by atoms with Crippen molar-refractivity contribution >= 4 is 8.03 Å². The SMILES string of the molecule is CCCCCO[P+](=O)CCCCC.[H-].[Na+]. The van der Waals surface area contributed by atoms with Crippen LogP contribution < -0.4 is 29.6 Å². The van der Waals surface area contributed by atoms with E-state index in [9.17, 15) is 4.57 Å². The summed E-state index contributed by atoms with van der Waals surface area (Å²) < 4.78 is 16.4. The summed E-state index contributed by atoms with van der Waals surface area (Å²) in [5.74, 6) is 0. The molecule has 0 aliphatic heterocycles. The fraction of sp³-hybridized carbons (Fsp3) is 1.00. The van der Waals surface area contributed by atoms with Gasteiger partial charge in [-0.3, -0.25) is 0 Å². The minimum atomic E-state index is -1.36. The Morgan fingerprint density at radius 3 is 2.21 bits per heavy atom. The Kier molecular flexibility index (Phi) is 17.5. The number of unbranched alkanes of at least 4 members (excludes halogenated alkanes) is 4. The van der Waals surface area contributed by atoms with E-state index in [0.717, 1.165) is 19.0 Å². The summed E-state index contributed by atoms with van der Waals surface area (Å²) in [5.41, 5.74) is 0. The Morgan fingerprint density at radius 2 is 1.64 bits per heavy atom. The molecule has 0 N–H and O–H groups in total. The molecule has 0 aromatic rings. The van der Waals surface area contributed by atoms with Crippen LogP contribution in [0, 0.1) is 0 Å². The third kappa shape index (κ3) is 13.1. The summed E-state index contributed by atoms with van der Waals surface area (Å²) in [4.78, 5) is 0. The second-order valence-electron chi connectivity index (χ2n) is 3.30. The molecule has 0 bridgehead atoms. The molecule has 0 aliphatic rings. The number of rotatable bonds is 9. The normalized spacial score (nSPS) is 10.9. The summed E-state index contributed by atoms with van der Waals surface area (Å²) >= 11 is 0. The molecule has 4 heteroatoms. The summed E-state index contributed by atoms with van der Waals surface area (Å²) in [6, 6.07) is 0. The predicted molar refractivity (Wildman–Crippen MR) is 58.6 cm³/mol. The largest absolute Gasteiger partial charge is 1.00 e. The first-order chi connectivity index (χ1) is 6.31. The van der Waals surface area contributed by atoms with Crippen molar-refractivity contribution in [1.29, 1.82) is 0 Å². The van der Waals surface area contributed by atoms with Gasteiger partial charge in [0.15, 0.2) is 6.16 Å². The van der Waals surface area contributed by atoms with Gasteiger partial charge in [0.25, 0.3) is 0 Å². The number of hydrogen-bond acceptors (Lipinski definition) is 2. The van der Waals surface area contributed by atoms with Crippen LogP contribution in [0.2, 0.25) is 0 Å². The molecule has 0 rings (SSSR count).